The first kappa shape index (κ1) is 72.7. The third-order valence-corrected chi connectivity index (χ3v) is 10.2. The second-order valence-electron chi connectivity index (χ2n) is 15.2. The van der Waals surface area contributed by atoms with Gasteiger partial charge >= 0.3 is 24.2 Å². The second kappa shape index (κ2) is 33.4. The second-order valence-corrected chi connectivity index (χ2v) is 16.0. The summed E-state index contributed by atoms with van der Waals surface area (Å²) in [5, 5.41) is 38.6. The van der Waals surface area contributed by atoms with Crippen LogP contribution in [0.5, 0.6) is 0 Å². The molecule has 0 aliphatic carbocycles. The summed E-state index contributed by atoms with van der Waals surface area (Å²) in [7, 11) is -0.548. The quantitative estimate of drug-likeness (QED) is 0.0512. The summed E-state index contributed by atoms with van der Waals surface area (Å²) in [5.41, 5.74) is 29.4. The van der Waals surface area contributed by atoms with Crippen molar-refractivity contribution in [2.24, 2.45) is 0 Å². The number of pyridine rings is 7. The zero-order valence-electron chi connectivity index (χ0n) is 38.8. The lowest BCUT2D eigenvalue weighted by molar-refractivity contribution is -0.384. The Morgan fingerprint density at radius 1 is 0.545 bits per heavy atom. The summed E-state index contributed by atoms with van der Waals surface area (Å²) in [4.78, 5) is 55.1. The van der Waals surface area contributed by atoms with Crippen molar-refractivity contribution in [1.82, 2.24) is 34.9 Å². The Kier molecular flexibility index (Phi) is 31.5. The van der Waals surface area contributed by atoms with Gasteiger partial charge in [-0.25, -0.2) is 13.2 Å². The molecule has 0 amide bonds. The standard InChI is InChI=1S/C11H15BFNO2.C10H7FN4O2.C10H9FN4.C5H4BrN3O2.C5H5N3O2.C2H6O.5CH4/c1-10(2)11(3,4)16-12(15-10)8-5-9(13)7-14-6-8;11-7-1-6(2-13-3-7)8-4-14-5-9(10(8)12)15(16)17;11-7-1-6(2-14-3-7)8-4-15-5-9(12)10(8)13;6-3-1-8-2-4(5(3)7)9(10)11;6-4-1-2-7-3-5(4)8(9)10;1-2-3;;;;;/h5-7H,1-4H3;1-5H,(H2,12,14);1-5H,12H2,(H2,13,15);1-2H,(H2,7,8);1-3H,(H2,6,7);3H,2H2,1H3;5*1H4. The van der Waals surface area contributed by atoms with Crippen molar-refractivity contribution in [3.8, 4) is 22.3 Å². The Bertz CT molecular complexity index is 2980. The molecule has 0 radical (unpaired) electrons. The first-order valence-electron chi connectivity index (χ1n) is 20.4. The molecular formula is C48H66BBrF3N15O9. The van der Waals surface area contributed by atoms with Crippen LogP contribution in [0.2, 0.25) is 0 Å². The molecule has 0 spiro atoms. The van der Waals surface area contributed by atoms with E-state index in [0.29, 0.717) is 38.0 Å². The van der Waals surface area contributed by atoms with Crippen LogP contribution < -0.4 is 34.1 Å². The maximum absolute atomic E-state index is 13.0. The molecule has 0 bridgehead atoms. The molecular weight excluding hydrogens is 1080 g/mol. The molecule has 1 fully saturated rings. The van der Waals surface area contributed by atoms with E-state index in [2.05, 4.69) is 50.8 Å². The SMILES string of the molecule is C.C.C.C.C.CC1(C)OB(c2cncc(F)c2)OC1(C)C.CCO.Nc1c(-c2cncc(F)c2)cncc1[N+](=O)[O-].Nc1c(Br)cncc1[N+](=O)[O-].Nc1ccncc1[N+](=O)[O-].Nc1cncc(-c2cncc(F)c2)c1N. The van der Waals surface area contributed by atoms with Gasteiger partial charge in [0.1, 0.15) is 53.1 Å². The van der Waals surface area contributed by atoms with Gasteiger partial charge in [-0.05, 0) is 74.8 Å². The number of hydrogen-bond acceptors (Lipinski definition) is 21. The van der Waals surface area contributed by atoms with Crippen LogP contribution in [-0.2, 0) is 9.31 Å². The number of aromatic nitrogens is 7. The molecule has 8 heterocycles. The zero-order chi connectivity index (χ0) is 53.9. The van der Waals surface area contributed by atoms with Crippen LogP contribution in [0.25, 0.3) is 22.3 Å². The molecule has 0 atom stereocenters. The number of nitrogens with zero attached hydrogens (tertiary/aromatic N) is 10. The van der Waals surface area contributed by atoms with Gasteiger partial charge in [-0.15, -0.1) is 0 Å². The predicted octanol–water partition coefficient (Wildman–Crippen LogP) is 9.83. The molecule has 24 nitrogen and oxygen atoms in total. The van der Waals surface area contributed by atoms with Crippen molar-refractivity contribution in [2.75, 3.05) is 35.3 Å². The molecule has 1 aliphatic rings. The zero-order valence-corrected chi connectivity index (χ0v) is 40.3. The Morgan fingerprint density at radius 3 is 1.32 bits per heavy atom. The number of halogens is 4. The number of nitrogen functional groups attached to an aromatic ring is 5. The van der Waals surface area contributed by atoms with Gasteiger partial charge in [-0.3, -0.25) is 65.2 Å². The lowest BCUT2D eigenvalue weighted by atomic mass is 9.80. The lowest BCUT2D eigenvalue weighted by Gasteiger charge is -2.32. The largest absolute Gasteiger partial charge is 0.496 e. The highest BCUT2D eigenvalue weighted by atomic mass is 79.9. The van der Waals surface area contributed by atoms with Gasteiger partial charge in [0.15, 0.2) is 0 Å². The number of aliphatic hydroxyl groups excluding tert-OH is 1. The van der Waals surface area contributed by atoms with E-state index < -0.39 is 44.7 Å². The molecule has 0 aromatic carbocycles. The van der Waals surface area contributed by atoms with E-state index in [9.17, 15) is 43.5 Å². The number of anilines is 5. The third-order valence-electron chi connectivity index (χ3n) is 9.61. The average molecular weight is 1140 g/mol. The molecule has 7 aromatic rings. The number of aliphatic hydroxyl groups is 1. The fourth-order valence-corrected chi connectivity index (χ4v) is 5.66. The van der Waals surface area contributed by atoms with E-state index >= 15 is 0 Å². The van der Waals surface area contributed by atoms with Gasteiger partial charge in [0.05, 0.1) is 66.6 Å². The van der Waals surface area contributed by atoms with E-state index in [4.69, 9.17) is 43.1 Å². The predicted molar refractivity (Wildman–Crippen MR) is 299 cm³/mol. The number of hydrogen-bond donors (Lipinski definition) is 6. The molecule has 8 rings (SSSR count). The summed E-state index contributed by atoms with van der Waals surface area (Å²) in [6.45, 7) is 9.76. The number of rotatable bonds is 6. The van der Waals surface area contributed by atoms with Gasteiger partial charge in [0.2, 0.25) is 0 Å². The summed E-state index contributed by atoms with van der Waals surface area (Å²) in [6, 6.07) is 5.29. The molecule has 1 saturated heterocycles. The van der Waals surface area contributed by atoms with Crippen molar-refractivity contribution in [3.05, 3.63) is 163 Å². The summed E-state index contributed by atoms with van der Waals surface area (Å²) in [5.74, 6) is -1.35. The van der Waals surface area contributed by atoms with Crippen LogP contribution in [0.4, 0.5) is 58.7 Å². The molecule has 11 N–H and O–H groups in total. The van der Waals surface area contributed by atoms with E-state index in [1.54, 1.807) is 13.1 Å². The fraction of sp³-hybridized carbons (Fsp3) is 0.271. The Morgan fingerprint density at radius 2 is 0.922 bits per heavy atom. The maximum Gasteiger partial charge on any atom is 0.496 e. The minimum Gasteiger partial charge on any atom is -0.399 e. The van der Waals surface area contributed by atoms with Gasteiger partial charge in [-0.1, -0.05) is 37.1 Å². The Balaban J connectivity index is -0.000000873. The lowest BCUT2D eigenvalue weighted by Crippen LogP contribution is -2.41. The third kappa shape index (κ3) is 21.0. The molecule has 1 aliphatic heterocycles. The van der Waals surface area contributed by atoms with Crippen LogP contribution in [0.3, 0.4) is 0 Å². The highest BCUT2D eigenvalue weighted by Crippen LogP contribution is 2.37. The normalized spacial score (nSPS) is 11.7. The van der Waals surface area contributed by atoms with Crippen molar-refractivity contribution < 1.29 is 42.4 Å². The maximum atomic E-state index is 13.0. The minimum absolute atomic E-state index is 0. The van der Waals surface area contributed by atoms with E-state index in [-0.39, 0.29) is 89.2 Å². The van der Waals surface area contributed by atoms with Crippen LogP contribution >= 0.6 is 15.9 Å². The van der Waals surface area contributed by atoms with E-state index in [1.807, 2.05) is 27.7 Å². The Labute approximate surface area is 453 Å². The number of nitro groups is 3. The van der Waals surface area contributed by atoms with Crippen molar-refractivity contribution >= 4 is 74.0 Å². The first-order chi connectivity index (χ1) is 33.8. The van der Waals surface area contributed by atoms with E-state index in [1.165, 1.54) is 67.6 Å². The molecule has 0 unspecified atom stereocenters. The first-order valence-corrected chi connectivity index (χ1v) is 21.2. The van der Waals surface area contributed by atoms with Crippen molar-refractivity contribution in [1.29, 1.82) is 0 Å². The molecule has 7 aromatic heterocycles. The summed E-state index contributed by atoms with van der Waals surface area (Å²) < 4.78 is 50.9. The van der Waals surface area contributed by atoms with Gasteiger partial charge in [0.25, 0.3) is 0 Å². The molecule has 77 heavy (non-hydrogen) atoms. The van der Waals surface area contributed by atoms with Crippen LogP contribution in [0.15, 0.2) is 115 Å². The molecule has 29 heteroatoms. The summed E-state index contributed by atoms with van der Waals surface area (Å²) in [6.07, 6.45) is 18.2. The van der Waals surface area contributed by atoms with Gasteiger partial charge in [-0.2, -0.15) is 0 Å². The van der Waals surface area contributed by atoms with Crippen LogP contribution in [0, 0.1) is 47.8 Å². The van der Waals surface area contributed by atoms with E-state index in [0.717, 1.165) is 37.2 Å². The highest BCUT2D eigenvalue weighted by molar-refractivity contribution is 9.10. The van der Waals surface area contributed by atoms with Gasteiger partial charge < -0.3 is 43.1 Å². The topological polar surface area (TPSA) is 388 Å². The smallest absolute Gasteiger partial charge is 0.399 e. The molecule has 418 valence electrons. The van der Waals surface area contributed by atoms with Crippen LogP contribution in [-0.4, -0.2) is 79.7 Å². The Hall–Kier alpha value is -8.54. The van der Waals surface area contributed by atoms with Crippen LogP contribution in [0.1, 0.15) is 71.8 Å². The highest BCUT2D eigenvalue weighted by Gasteiger charge is 2.51. The fourth-order valence-electron chi connectivity index (χ4n) is 5.34. The van der Waals surface area contributed by atoms with Crippen molar-refractivity contribution in [2.45, 2.75) is 83.0 Å². The average Bonchev–Trinajstić information content (AvgIpc) is 3.54. The summed E-state index contributed by atoms with van der Waals surface area (Å²) >= 11 is 3.02. The monoisotopic (exact) mass is 1140 g/mol. The number of nitrogens with two attached hydrogens (primary N) is 5. The minimum atomic E-state index is -0.640. The van der Waals surface area contributed by atoms with Crippen molar-refractivity contribution in [3.63, 3.8) is 0 Å². The molecule has 0 saturated carbocycles. The van der Waals surface area contributed by atoms with Gasteiger partial charge in [0, 0.05) is 77.7 Å².